The van der Waals surface area contributed by atoms with Crippen molar-refractivity contribution in [2.24, 2.45) is 7.05 Å². The topological polar surface area (TPSA) is 77.6 Å². The number of nitrogens with one attached hydrogen (secondary N) is 1. The number of nitrogens with zero attached hydrogens (tertiary/aromatic N) is 5. The normalized spacial score (nSPS) is 11.1. The van der Waals surface area contributed by atoms with Gasteiger partial charge in [0.1, 0.15) is 0 Å². The number of benzene rings is 1. The highest BCUT2D eigenvalue weighted by Gasteiger charge is 2.20. The molecule has 4 rings (SSSR count). The lowest BCUT2D eigenvalue weighted by atomic mass is 10.2. The highest BCUT2D eigenvalue weighted by atomic mass is 35.5. The van der Waals surface area contributed by atoms with Crippen LogP contribution in [0.25, 0.3) is 11.0 Å². The van der Waals surface area contributed by atoms with Crippen LogP contribution in [0, 0.1) is 6.92 Å². The molecule has 7 nitrogen and oxygen atoms in total. The van der Waals surface area contributed by atoms with E-state index in [1.165, 1.54) is 6.20 Å². The number of rotatable bonds is 4. The van der Waals surface area contributed by atoms with Gasteiger partial charge in [0.05, 0.1) is 33.9 Å². The van der Waals surface area contributed by atoms with E-state index >= 15 is 0 Å². The highest BCUT2D eigenvalue weighted by molar-refractivity contribution is 6.39. The van der Waals surface area contributed by atoms with Gasteiger partial charge in [0, 0.05) is 30.2 Å². The Morgan fingerprint density at radius 1 is 1.18 bits per heavy atom. The molecule has 0 aliphatic carbocycles. The molecule has 0 radical (unpaired) electrons. The van der Waals surface area contributed by atoms with E-state index < -0.39 is 0 Å². The van der Waals surface area contributed by atoms with Crippen molar-refractivity contribution < 1.29 is 4.79 Å². The predicted molar refractivity (Wildman–Crippen MR) is 109 cm³/mol. The van der Waals surface area contributed by atoms with Crippen molar-refractivity contribution >= 4 is 45.8 Å². The molecule has 4 aromatic rings. The lowest BCUT2D eigenvalue weighted by molar-refractivity contribution is 0.102. The summed E-state index contributed by atoms with van der Waals surface area (Å²) in [4.78, 5) is 17.1. The second-order valence-corrected chi connectivity index (χ2v) is 7.15. The van der Waals surface area contributed by atoms with Crippen molar-refractivity contribution in [2.45, 2.75) is 13.5 Å². The third-order valence-corrected chi connectivity index (χ3v) is 5.10. The number of anilines is 1. The third kappa shape index (κ3) is 3.34. The molecule has 3 aromatic heterocycles. The van der Waals surface area contributed by atoms with Crippen molar-refractivity contribution in [2.75, 3.05) is 5.32 Å². The molecule has 0 spiro atoms. The average Bonchev–Trinajstić information content (AvgIpc) is 3.21. The molecule has 0 aliphatic heterocycles. The summed E-state index contributed by atoms with van der Waals surface area (Å²) in [6, 6.07) is 8.76. The van der Waals surface area contributed by atoms with Crippen molar-refractivity contribution in [3.05, 3.63) is 69.7 Å². The van der Waals surface area contributed by atoms with E-state index in [-0.39, 0.29) is 11.5 Å². The van der Waals surface area contributed by atoms with Crippen LogP contribution >= 0.6 is 23.2 Å². The number of aromatic nitrogens is 5. The third-order valence-electron chi connectivity index (χ3n) is 4.45. The maximum Gasteiger partial charge on any atom is 0.258 e. The molecule has 0 unspecified atom stereocenters. The van der Waals surface area contributed by atoms with Gasteiger partial charge in [-0.15, -0.1) is 0 Å². The summed E-state index contributed by atoms with van der Waals surface area (Å²) in [5.41, 5.74) is 3.20. The fraction of sp³-hybridized carbons (Fsp3) is 0.158. The first-order valence-electron chi connectivity index (χ1n) is 8.49. The van der Waals surface area contributed by atoms with E-state index in [1.807, 2.05) is 20.0 Å². The summed E-state index contributed by atoms with van der Waals surface area (Å²) >= 11 is 12.4. The second kappa shape index (κ2) is 7.26. The zero-order valence-electron chi connectivity index (χ0n) is 15.1. The van der Waals surface area contributed by atoms with Gasteiger partial charge in [-0.3, -0.25) is 9.48 Å². The maximum absolute atomic E-state index is 12.7. The van der Waals surface area contributed by atoms with Crippen molar-refractivity contribution in [1.82, 2.24) is 24.5 Å². The molecule has 1 aromatic carbocycles. The monoisotopic (exact) mass is 414 g/mol. The number of pyridine rings is 1. The van der Waals surface area contributed by atoms with Crippen LogP contribution < -0.4 is 5.32 Å². The minimum absolute atomic E-state index is 0.285. The van der Waals surface area contributed by atoms with E-state index in [2.05, 4.69) is 20.5 Å². The van der Waals surface area contributed by atoms with Gasteiger partial charge in [-0.05, 0) is 37.3 Å². The van der Waals surface area contributed by atoms with Crippen LogP contribution in [0.15, 0.2) is 42.7 Å². The molecule has 0 aliphatic rings. The van der Waals surface area contributed by atoms with Crippen LogP contribution in [0.4, 0.5) is 5.69 Å². The van der Waals surface area contributed by atoms with E-state index in [1.54, 1.807) is 39.8 Å². The Bertz CT molecular complexity index is 1180. The molecule has 1 amide bonds. The van der Waals surface area contributed by atoms with Gasteiger partial charge in [-0.1, -0.05) is 23.2 Å². The lowest BCUT2D eigenvalue weighted by Crippen LogP contribution is -2.13. The molecule has 28 heavy (non-hydrogen) atoms. The summed E-state index contributed by atoms with van der Waals surface area (Å²) in [6.45, 7) is 2.34. The number of aryl methyl sites for hydroxylation is 2. The minimum atomic E-state index is -0.347. The maximum atomic E-state index is 12.7. The summed E-state index contributed by atoms with van der Waals surface area (Å²) in [5, 5.41) is 13.1. The number of fused-ring (bicyclic) bond motifs is 1. The van der Waals surface area contributed by atoms with E-state index in [9.17, 15) is 4.79 Å². The molecule has 3 heterocycles. The first-order valence-corrected chi connectivity index (χ1v) is 9.25. The Morgan fingerprint density at radius 3 is 2.61 bits per heavy atom. The number of carbonyl (C=O) groups excluding carboxylic acids is 1. The quantitative estimate of drug-likeness (QED) is 0.545. The molecule has 0 atom stereocenters. The number of halogens is 2. The first kappa shape index (κ1) is 18.5. The van der Waals surface area contributed by atoms with E-state index in [4.69, 9.17) is 23.2 Å². The van der Waals surface area contributed by atoms with Gasteiger partial charge < -0.3 is 5.32 Å². The predicted octanol–water partition coefficient (Wildman–Crippen LogP) is 4.08. The van der Waals surface area contributed by atoms with Gasteiger partial charge >= 0.3 is 0 Å². The Hall–Kier alpha value is -2.90. The van der Waals surface area contributed by atoms with E-state index in [0.717, 1.165) is 5.69 Å². The minimum Gasteiger partial charge on any atom is -0.322 e. The largest absolute Gasteiger partial charge is 0.322 e. The summed E-state index contributed by atoms with van der Waals surface area (Å²) in [7, 11) is 1.87. The fourth-order valence-corrected chi connectivity index (χ4v) is 3.47. The van der Waals surface area contributed by atoms with Crippen LogP contribution in [0.3, 0.4) is 0 Å². The van der Waals surface area contributed by atoms with Crippen molar-refractivity contribution in [3.63, 3.8) is 0 Å². The Labute approximate surface area is 170 Å². The van der Waals surface area contributed by atoms with Gasteiger partial charge in [0.2, 0.25) is 0 Å². The zero-order chi connectivity index (χ0) is 19.8. The molecular weight excluding hydrogens is 399 g/mol. The van der Waals surface area contributed by atoms with Crippen LogP contribution in [-0.2, 0) is 13.6 Å². The number of hydrogen-bond donors (Lipinski definition) is 1. The van der Waals surface area contributed by atoms with Gasteiger partial charge in [-0.2, -0.15) is 10.2 Å². The van der Waals surface area contributed by atoms with Crippen molar-refractivity contribution in [1.29, 1.82) is 0 Å². The highest BCUT2D eigenvalue weighted by Crippen LogP contribution is 2.29. The molecule has 0 saturated carbocycles. The molecule has 0 fully saturated rings. The molecular formula is C19H16Cl2N6O. The van der Waals surface area contributed by atoms with Crippen LogP contribution in [0.5, 0.6) is 0 Å². The Balaban J connectivity index is 1.69. The first-order chi connectivity index (χ1) is 13.4. The fourth-order valence-electron chi connectivity index (χ4n) is 2.98. The molecule has 0 saturated heterocycles. The summed E-state index contributed by atoms with van der Waals surface area (Å²) in [5.74, 6) is -0.347. The van der Waals surface area contributed by atoms with Gasteiger partial charge in [0.15, 0.2) is 5.65 Å². The number of hydrogen-bond acceptors (Lipinski definition) is 4. The number of carbonyl (C=O) groups is 1. The molecule has 142 valence electrons. The van der Waals surface area contributed by atoms with Gasteiger partial charge in [-0.25, -0.2) is 9.67 Å². The zero-order valence-corrected chi connectivity index (χ0v) is 16.7. The second-order valence-electron chi connectivity index (χ2n) is 6.33. The molecule has 9 heteroatoms. The SMILES string of the molecule is Cc1nn(Cc2ccnn2C)c2ncc(C(=O)Nc3ccc(Cl)cc3)c(Cl)c12. The smallest absolute Gasteiger partial charge is 0.258 e. The lowest BCUT2D eigenvalue weighted by Gasteiger charge is -2.08. The molecule has 1 N–H and O–H groups in total. The van der Waals surface area contributed by atoms with Crippen LogP contribution in [0.1, 0.15) is 21.7 Å². The van der Waals surface area contributed by atoms with Crippen LogP contribution in [-0.4, -0.2) is 30.5 Å². The van der Waals surface area contributed by atoms with Crippen molar-refractivity contribution in [3.8, 4) is 0 Å². The Kier molecular flexibility index (Phi) is 4.78. The molecule has 0 bridgehead atoms. The summed E-state index contributed by atoms with van der Waals surface area (Å²) in [6.07, 6.45) is 3.20. The van der Waals surface area contributed by atoms with Gasteiger partial charge in [0.25, 0.3) is 5.91 Å². The van der Waals surface area contributed by atoms with E-state index in [0.29, 0.717) is 39.0 Å². The average molecular weight is 415 g/mol. The summed E-state index contributed by atoms with van der Waals surface area (Å²) < 4.78 is 3.53. The number of amides is 1. The Morgan fingerprint density at radius 2 is 1.93 bits per heavy atom. The standard InChI is InChI=1S/C19H16Cl2N6O/c1-11-16-17(21)15(19(28)24-13-5-3-12(20)4-6-13)9-22-18(16)27(25-11)10-14-7-8-23-26(14)2/h3-9H,10H2,1-2H3,(H,24,28). The van der Waals surface area contributed by atoms with Crippen LogP contribution in [0.2, 0.25) is 10.0 Å².